The van der Waals surface area contributed by atoms with Crippen molar-refractivity contribution in [3.05, 3.63) is 113 Å². The largest absolute Gasteiger partial charge is 0.481 e. The van der Waals surface area contributed by atoms with Gasteiger partial charge in [-0.05, 0) is 79.6 Å². The number of benzene rings is 2. The molecule has 0 bridgehead atoms. The highest BCUT2D eigenvalue weighted by Gasteiger charge is 2.45. The van der Waals surface area contributed by atoms with Crippen molar-refractivity contribution >= 4 is 28.6 Å². The third kappa shape index (κ3) is 7.78. The highest BCUT2D eigenvalue weighted by Crippen LogP contribution is 2.50. The fourth-order valence-corrected chi connectivity index (χ4v) is 7.61. The number of pyridine rings is 2. The third-order valence-electron chi connectivity index (χ3n) is 9.13. The summed E-state index contributed by atoms with van der Waals surface area (Å²) in [6.45, 7) is 10.4. The molecule has 0 radical (unpaired) electrons. The summed E-state index contributed by atoms with van der Waals surface area (Å²) in [6.07, 6.45) is 1.21. The SMILES string of the molecule is CCC(CC)(C(=O)O)C(Cc1ccc(-c2ccc(C(F)(F)F)cn2)cc1)c1[nH]c2ccc(CCc3ccccn3)cc2c1SC(C)(C)C. The van der Waals surface area contributed by atoms with Gasteiger partial charge in [-0.15, -0.1) is 11.8 Å². The van der Waals surface area contributed by atoms with Crippen LogP contribution in [0.2, 0.25) is 0 Å². The maximum absolute atomic E-state index is 13.2. The Balaban J connectivity index is 1.56. The minimum atomic E-state index is -4.45. The van der Waals surface area contributed by atoms with E-state index in [0.29, 0.717) is 30.5 Å². The van der Waals surface area contributed by atoms with Gasteiger partial charge < -0.3 is 10.1 Å². The van der Waals surface area contributed by atoms with Crippen molar-refractivity contribution in [1.82, 2.24) is 15.0 Å². The van der Waals surface area contributed by atoms with E-state index in [2.05, 4.69) is 53.9 Å². The van der Waals surface area contributed by atoms with E-state index in [1.165, 1.54) is 11.6 Å². The zero-order valence-electron chi connectivity index (χ0n) is 28.0. The molecule has 0 aliphatic carbocycles. The van der Waals surface area contributed by atoms with Gasteiger partial charge in [-0.25, -0.2) is 0 Å². The Morgan fingerprint density at radius 2 is 1.60 bits per heavy atom. The maximum atomic E-state index is 13.2. The Morgan fingerprint density at radius 3 is 2.17 bits per heavy atom. The fourth-order valence-electron chi connectivity index (χ4n) is 6.42. The summed E-state index contributed by atoms with van der Waals surface area (Å²) >= 11 is 1.75. The molecule has 0 saturated carbocycles. The Kier molecular flexibility index (Phi) is 10.4. The number of aromatic nitrogens is 3. The number of fused-ring (bicyclic) bond motifs is 1. The molecule has 1 atom stereocenters. The van der Waals surface area contributed by atoms with Crippen molar-refractivity contribution in [1.29, 1.82) is 0 Å². The summed E-state index contributed by atoms with van der Waals surface area (Å²) in [7, 11) is 0. The molecule has 1 unspecified atom stereocenters. The van der Waals surface area contributed by atoms with Crippen molar-refractivity contribution < 1.29 is 23.1 Å². The number of hydrogen-bond acceptors (Lipinski definition) is 4. The molecular weight excluding hydrogens is 632 g/mol. The molecule has 48 heavy (non-hydrogen) atoms. The first-order valence-corrected chi connectivity index (χ1v) is 17.1. The molecule has 9 heteroatoms. The highest BCUT2D eigenvalue weighted by atomic mass is 32.2. The van der Waals surface area contributed by atoms with E-state index in [-0.39, 0.29) is 10.7 Å². The number of thioether (sulfide) groups is 1. The second-order valence-electron chi connectivity index (χ2n) is 13.3. The van der Waals surface area contributed by atoms with Crippen LogP contribution in [-0.4, -0.2) is 30.8 Å². The molecule has 2 aromatic carbocycles. The minimum absolute atomic E-state index is 0.140. The molecule has 0 fully saturated rings. The van der Waals surface area contributed by atoms with Gasteiger partial charge in [0.05, 0.1) is 16.7 Å². The Bertz CT molecular complexity index is 1840. The average Bonchev–Trinajstić information content (AvgIpc) is 3.40. The molecule has 5 rings (SSSR count). The van der Waals surface area contributed by atoms with E-state index in [0.717, 1.165) is 57.9 Å². The maximum Gasteiger partial charge on any atom is 0.417 e. The summed E-state index contributed by atoms with van der Waals surface area (Å²) in [6, 6.07) is 22.3. The van der Waals surface area contributed by atoms with Crippen LogP contribution in [0.3, 0.4) is 0 Å². The predicted molar refractivity (Wildman–Crippen MR) is 187 cm³/mol. The first-order chi connectivity index (χ1) is 22.7. The van der Waals surface area contributed by atoms with Gasteiger partial charge in [-0.2, -0.15) is 13.2 Å². The van der Waals surface area contributed by atoms with Crippen LogP contribution < -0.4 is 0 Å². The van der Waals surface area contributed by atoms with Gasteiger partial charge in [0.15, 0.2) is 0 Å². The fraction of sp³-hybridized carbons (Fsp3) is 0.359. The normalized spacial score (nSPS) is 13.2. The first kappa shape index (κ1) is 35.2. The van der Waals surface area contributed by atoms with Gasteiger partial charge in [0.1, 0.15) is 0 Å². The van der Waals surface area contributed by atoms with Crippen LogP contribution in [0, 0.1) is 5.41 Å². The van der Waals surface area contributed by atoms with Crippen LogP contribution in [-0.2, 0) is 30.2 Å². The number of rotatable bonds is 12. The topological polar surface area (TPSA) is 78.9 Å². The first-order valence-electron chi connectivity index (χ1n) is 16.3. The molecule has 0 aliphatic rings. The van der Waals surface area contributed by atoms with Crippen molar-refractivity contribution in [2.75, 3.05) is 0 Å². The van der Waals surface area contributed by atoms with Crippen LogP contribution in [0.25, 0.3) is 22.2 Å². The van der Waals surface area contributed by atoms with Gasteiger partial charge in [0, 0.05) is 55.8 Å². The number of alkyl halides is 3. The van der Waals surface area contributed by atoms with E-state index in [1.807, 2.05) is 62.5 Å². The van der Waals surface area contributed by atoms with E-state index in [4.69, 9.17) is 0 Å². The number of aliphatic carboxylic acids is 1. The summed E-state index contributed by atoms with van der Waals surface area (Å²) in [5.41, 5.74) is 4.34. The van der Waals surface area contributed by atoms with Crippen LogP contribution in [0.15, 0.2) is 90.1 Å². The number of H-pyrrole nitrogens is 1. The number of nitrogens with zero attached hydrogens (tertiary/aromatic N) is 2. The van der Waals surface area contributed by atoms with Crippen LogP contribution >= 0.6 is 11.8 Å². The number of aryl methyl sites for hydroxylation is 2. The van der Waals surface area contributed by atoms with Crippen molar-refractivity contribution in [3.8, 4) is 11.3 Å². The summed E-state index contributed by atoms with van der Waals surface area (Å²) in [5.74, 6) is -1.21. The lowest BCUT2D eigenvalue weighted by atomic mass is 9.67. The lowest BCUT2D eigenvalue weighted by molar-refractivity contribution is -0.151. The van der Waals surface area contributed by atoms with Crippen LogP contribution in [0.5, 0.6) is 0 Å². The monoisotopic (exact) mass is 673 g/mol. The highest BCUT2D eigenvalue weighted by molar-refractivity contribution is 8.00. The summed E-state index contributed by atoms with van der Waals surface area (Å²) < 4.78 is 39.1. The Hall–Kier alpha value is -4.11. The lowest BCUT2D eigenvalue weighted by Crippen LogP contribution is -2.38. The van der Waals surface area contributed by atoms with Crippen molar-refractivity contribution in [2.45, 2.75) is 88.5 Å². The van der Waals surface area contributed by atoms with E-state index >= 15 is 0 Å². The average molecular weight is 674 g/mol. The number of aromatic amines is 1. The van der Waals surface area contributed by atoms with E-state index < -0.39 is 23.1 Å². The molecule has 0 saturated heterocycles. The predicted octanol–water partition coefficient (Wildman–Crippen LogP) is 10.5. The Labute approximate surface area is 284 Å². The van der Waals surface area contributed by atoms with Crippen LogP contribution in [0.1, 0.15) is 81.5 Å². The number of carboxylic acid groups (broad SMARTS) is 1. The molecule has 5 nitrogen and oxygen atoms in total. The van der Waals surface area contributed by atoms with E-state index in [9.17, 15) is 23.1 Å². The number of halogens is 3. The van der Waals surface area contributed by atoms with Gasteiger partial charge in [-0.1, -0.05) is 71.0 Å². The molecule has 3 heterocycles. The standard InChI is InChI=1S/C39H42F3N3O2S/c1-6-38(7-2,36(46)47)31(23-26-11-15-27(16-12-26)32-20-17-28(24-44-32)39(40,41)42)34-35(48-37(3,4)5)30-22-25(14-19-33(30)45-34)13-18-29-10-8-9-21-43-29/h8-12,14-17,19-22,24,31,45H,6-7,13,18,23H2,1-5H3,(H,46,47). The van der Waals surface area contributed by atoms with Gasteiger partial charge in [0.2, 0.25) is 0 Å². The molecule has 3 aromatic heterocycles. The van der Waals surface area contributed by atoms with Gasteiger partial charge >= 0.3 is 12.1 Å². The summed E-state index contributed by atoms with van der Waals surface area (Å²) in [5, 5.41) is 11.9. The molecule has 0 amide bonds. The van der Waals surface area contributed by atoms with E-state index in [1.54, 1.807) is 11.8 Å². The molecule has 5 aromatic rings. The van der Waals surface area contributed by atoms with Crippen molar-refractivity contribution in [2.24, 2.45) is 5.41 Å². The van der Waals surface area contributed by atoms with Crippen LogP contribution in [0.4, 0.5) is 13.2 Å². The minimum Gasteiger partial charge on any atom is -0.481 e. The van der Waals surface area contributed by atoms with Gasteiger partial charge in [-0.3, -0.25) is 14.8 Å². The molecular formula is C39H42F3N3O2S. The number of nitrogens with one attached hydrogen (secondary N) is 1. The molecule has 0 spiro atoms. The van der Waals surface area contributed by atoms with Crippen molar-refractivity contribution in [3.63, 3.8) is 0 Å². The quantitative estimate of drug-likeness (QED) is 0.129. The number of hydrogen-bond donors (Lipinski definition) is 2. The third-order valence-corrected chi connectivity index (χ3v) is 10.4. The van der Waals surface area contributed by atoms with Gasteiger partial charge in [0.25, 0.3) is 0 Å². The lowest BCUT2D eigenvalue weighted by Gasteiger charge is -2.36. The second-order valence-corrected chi connectivity index (χ2v) is 15.2. The second kappa shape index (κ2) is 14.2. The zero-order valence-corrected chi connectivity index (χ0v) is 28.8. The number of carbonyl (C=O) groups is 1. The zero-order chi connectivity index (χ0) is 34.7. The smallest absolute Gasteiger partial charge is 0.417 e. The summed E-state index contributed by atoms with van der Waals surface area (Å²) in [4.78, 5) is 26.5. The molecule has 252 valence electrons. The Morgan fingerprint density at radius 1 is 0.896 bits per heavy atom. The number of carboxylic acids is 1. The molecule has 0 aliphatic heterocycles. The molecule has 2 N–H and O–H groups in total.